The second-order valence-electron chi connectivity index (χ2n) is 4.63. The minimum absolute atomic E-state index is 0.169. The second kappa shape index (κ2) is 5.30. The number of aliphatic hydroxyl groups is 1. The van der Waals surface area contributed by atoms with Crippen molar-refractivity contribution in [2.45, 2.75) is 49.9 Å². The maximum Gasteiger partial charge on any atom is 0.239 e. The fourth-order valence-electron chi connectivity index (χ4n) is 2.07. The van der Waals surface area contributed by atoms with Gasteiger partial charge in [-0.2, -0.15) is 0 Å². The van der Waals surface area contributed by atoms with Gasteiger partial charge in [-0.3, -0.25) is 4.79 Å². The molecule has 1 saturated heterocycles. The van der Waals surface area contributed by atoms with Crippen molar-refractivity contribution in [3.63, 3.8) is 0 Å². The molecule has 0 radical (unpaired) electrons. The van der Waals surface area contributed by atoms with Gasteiger partial charge in [0, 0.05) is 19.2 Å². The Kier molecular flexibility index (Phi) is 4.59. The highest BCUT2D eigenvalue weighted by atomic mass is 79.9. The summed E-state index contributed by atoms with van der Waals surface area (Å²) in [4.78, 5) is 14.0. The van der Waals surface area contributed by atoms with Crippen molar-refractivity contribution in [3.8, 4) is 0 Å². The van der Waals surface area contributed by atoms with E-state index in [0.29, 0.717) is 6.04 Å². The van der Waals surface area contributed by atoms with Gasteiger partial charge in [-0.15, -0.1) is 0 Å². The predicted octanol–water partition coefficient (Wildman–Crippen LogP) is 1.92. The summed E-state index contributed by atoms with van der Waals surface area (Å²) in [6.07, 6.45) is 3.88. The van der Waals surface area contributed by atoms with Gasteiger partial charge < -0.3 is 10.0 Å². The Bertz CT molecular complexity index is 225. The number of aliphatic hydroxyl groups excluding tert-OH is 1. The zero-order valence-electron chi connectivity index (χ0n) is 9.50. The Balaban J connectivity index is 2.56. The highest BCUT2D eigenvalue weighted by Gasteiger charge is 2.35. The highest BCUT2D eigenvalue weighted by molar-refractivity contribution is 9.10. The lowest BCUT2D eigenvalue weighted by Crippen LogP contribution is -2.44. The Morgan fingerprint density at radius 3 is 2.80 bits per heavy atom. The molecular weight excluding hydrogens is 258 g/mol. The van der Waals surface area contributed by atoms with E-state index in [1.54, 1.807) is 0 Å². The SMILES string of the molecule is CC(C)(Br)C(=O)N1CCCC1CCCO. The van der Waals surface area contributed by atoms with Gasteiger partial charge in [0.05, 0.1) is 4.32 Å². The van der Waals surface area contributed by atoms with Crippen LogP contribution in [-0.4, -0.2) is 39.4 Å². The Labute approximate surface area is 100.0 Å². The van der Waals surface area contributed by atoms with Gasteiger partial charge in [0.1, 0.15) is 0 Å². The van der Waals surface area contributed by atoms with E-state index in [1.807, 2.05) is 18.7 Å². The molecule has 1 aliphatic heterocycles. The molecule has 1 heterocycles. The van der Waals surface area contributed by atoms with Crippen LogP contribution in [-0.2, 0) is 4.79 Å². The van der Waals surface area contributed by atoms with Crippen LogP contribution in [0.3, 0.4) is 0 Å². The topological polar surface area (TPSA) is 40.5 Å². The average molecular weight is 278 g/mol. The second-order valence-corrected chi connectivity index (χ2v) is 6.62. The number of nitrogens with zero attached hydrogens (tertiary/aromatic N) is 1. The first-order valence-electron chi connectivity index (χ1n) is 5.57. The lowest BCUT2D eigenvalue weighted by Gasteiger charge is -2.29. The van der Waals surface area contributed by atoms with Crippen molar-refractivity contribution in [3.05, 3.63) is 0 Å². The number of hydrogen-bond donors (Lipinski definition) is 1. The smallest absolute Gasteiger partial charge is 0.239 e. The van der Waals surface area contributed by atoms with Crippen LogP contribution in [0.1, 0.15) is 39.5 Å². The summed E-state index contributed by atoms with van der Waals surface area (Å²) in [5.41, 5.74) is 0. The molecule has 1 amide bonds. The fourth-order valence-corrected chi connectivity index (χ4v) is 2.30. The maximum absolute atomic E-state index is 12.1. The predicted molar refractivity (Wildman–Crippen MR) is 64.1 cm³/mol. The van der Waals surface area contributed by atoms with Crippen molar-refractivity contribution in [2.75, 3.05) is 13.2 Å². The Morgan fingerprint density at radius 1 is 1.60 bits per heavy atom. The summed E-state index contributed by atoms with van der Waals surface area (Å²) in [7, 11) is 0. The largest absolute Gasteiger partial charge is 0.396 e. The van der Waals surface area contributed by atoms with Crippen LogP contribution in [0, 0.1) is 0 Å². The van der Waals surface area contributed by atoms with Crippen LogP contribution in [0.2, 0.25) is 0 Å². The molecule has 0 aromatic carbocycles. The molecule has 3 nitrogen and oxygen atoms in total. The summed E-state index contributed by atoms with van der Waals surface area (Å²) in [6.45, 7) is 4.85. The first-order valence-corrected chi connectivity index (χ1v) is 6.37. The van der Waals surface area contributed by atoms with Crippen molar-refractivity contribution in [1.29, 1.82) is 0 Å². The minimum atomic E-state index is -0.463. The molecule has 1 fully saturated rings. The van der Waals surface area contributed by atoms with Crippen molar-refractivity contribution in [2.24, 2.45) is 0 Å². The number of carbonyl (C=O) groups excluding carboxylic acids is 1. The van der Waals surface area contributed by atoms with Gasteiger partial charge in [0.15, 0.2) is 0 Å². The van der Waals surface area contributed by atoms with Gasteiger partial charge in [-0.1, -0.05) is 15.9 Å². The number of likely N-dealkylation sites (tertiary alicyclic amines) is 1. The highest BCUT2D eigenvalue weighted by Crippen LogP contribution is 2.27. The molecule has 1 aliphatic rings. The maximum atomic E-state index is 12.1. The molecule has 1 atom stereocenters. The van der Waals surface area contributed by atoms with Crippen molar-refractivity contribution in [1.82, 2.24) is 4.90 Å². The van der Waals surface area contributed by atoms with E-state index in [0.717, 1.165) is 32.2 Å². The van der Waals surface area contributed by atoms with Crippen molar-refractivity contribution >= 4 is 21.8 Å². The molecule has 1 unspecified atom stereocenters. The number of rotatable bonds is 4. The Hall–Kier alpha value is -0.0900. The van der Waals surface area contributed by atoms with Crippen LogP contribution in [0.5, 0.6) is 0 Å². The van der Waals surface area contributed by atoms with Crippen LogP contribution < -0.4 is 0 Å². The molecule has 4 heteroatoms. The number of carbonyl (C=O) groups is 1. The summed E-state index contributed by atoms with van der Waals surface area (Å²) in [6, 6.07) is 0.335. The summed E-state index contributed by atoms with van der Waals surface area (Å²) in [5.74, 6) is 0.169. The summed E-state index contributed by atoms with van der Waals surface area (Å²) in [5, 5.41) is 8.80. The van der Waals surface area contributed by atoms with Gasteiger partial charge in [-0.05, 0) is 39.5 Å². The minimum Gasteiger partial charge on any atom is -0.396 e. The quantitative estimate of drug-likeness (QED) is 0.798. The van der Waals surface area contributed by atoms with Crippen LogP contribution in [0.15, 0.2) is 0 Å². The number of amides is 1. The molecule has 0 saturated carbocycles. The van der Waals surface area contributed by atoms with Gasteiger partial charge >= 0.3 is 0 Å². The van der Waals surface area contributed by atoms with E-state index in [2.05, 4.69) is 15.9 Å². The lowest BCUT2D eigenvalue weighted by atomic mass is 10.1. The molecule has 1 rings (SSSR count). The molecule has 0 spiro atoms. The number of alkyl halides is 1. The monoisotopic (exact) mass is 277 g/mol. The van der Waals surface area contributed by atoms with Crippen LogP contribution in [0.25, 0.3) is 0 Å². The molecule has 0 aliphatic carbocycles. The van der Waals surface area contributed by atoms with E-state index in [-0.39, 0.29) is 12.5 Å². The molecule has 0 bridgehead atoms. The normalized spacial score (nSPS) is 22.1. The Morgan fingerprint density at radius 2 is 2.27 bits per heavy atom. The van der Waals surface area contributed by atoms with E-state index >= 15 is 0 Å². The third-order valence-corrected chi connectivity index (χ3v) is 3.18. The van der Waals surface area contributed by atoms with E-state index in [9.17, 15) is 4.79 Å². The molecular formula is C11H20BrNO2. The first kappa shape index (κ1) is 13.0. The lowest BCUT2D eigenvalue weighted by molar-refractivity contribution is -0.133. The molecule has 0 aromatic heterocycles. The number of hydrogen-bond acceptors (Lipinski definition) is 2. The van der Waals surface area contributed by atoms with Gasteiger partial charge in [0.25, 0.3) is 0 Å². The van der Waals surface area contributed by atoms with E-state index in [1.165, 1.54) is 0 Å². The standard InChI is InChI=1S/C11H20BrNO2/c1-11(2,12)10(15)13-7-3-5-9(13)6-4-8-14/h9,14H,3-8H2,1-2H3. The third-order valence-electron chi connectivity index (χ3n) is 2.84. The van der Waals surface area contributed by atoms with E-state index in [4.69, 9.17) is 5.11 Å². The van der Waals surface area contributed by atoms with Gasteiger partial charge in [0.2, 0.25) is 5.91 Å². The zero-order chi connectivity index (χ0) is 11.5. The van der Waals surface area contributed by atoms with Crippen LogP contribution in [0.4, 0.5) is 0 Å². The number of halogens is 1. The third kappa shape index (κ3) is 3.45. The van der Waals surface area contributed by atoms with Crippen LogP contribution >= 0.6 is 15.9 Å². The summed E-state index contributed by atoms with van der Waals surface area (Å²) >= 11 is 3.41. The van der Waals surface area contributed by atoms with Gasteiger partial charge in [-0.25, -0.2) is 0 Å². The first-order chi connectivity index (χ1) is 6.96. The molecule has 88 valence electrons. The molecule has 15 heavy (non-hydrogen) atoms. The average Bonchev–Trinajstić information content (AvgIpc) is 2.59. The van der Waals surface area contributed by atoms with Crippen molar-refractivity contribution < 1.29 is 9.90 Å². The molecule has 1 N–H and O–H groups in total. The summed E-state index contributed by atoms with van der Waals surface area (Å²) < 4.78 is -0.463. The fraction of sp³-hybridized carbons (Fsp3) is 0.909. The molecule has 0 aromatic rings. The van der Waals surface area contributed by atoms with E-state index < -0.39 is 4.32 Å². The zero-order valence-corrected chi connectivity index (χ0v) is 11.1.